The fourth-order valence-electron chi connectivity index (χ4n) is 1.44. The molecule has 0 fully saturated rings. The summed E-state index contributed by atoms with van der Waals surface area (Å²) in [7, 11) is 0. The number of carbonyl (C=O) groups excluding carboxylic acids is 1. The topological polar surface area (TPSA) is 51.5 Å². The number of hydrogen-bond donors (Lipinski definition) is 0. The summed E-state index contributed by atoms with van der Waals surface area (Å²) in [5.41, 5.74) is -0.758. The van der Waals surface area contributed by atoms with Gasteiger partial charge in [0.15, 0.2) is 0 Å². The van der Waals surface area contributed by atoms with Gasteiger partial charge in [0.05, 0.1) is 5.56 Å². The van der Waals surface area contributed by atoms with Crippen LogP contribution in [0.25, 0.3) is 0 Å². The monoisotopic (exact) mass is 280 g/mol. The summed E-state index contributed by atoms with van der Waals surface area (Å²) in [5.74, 6) is -0.129. The maximum absolute atomic E-state index is 12.6. The number of alkyl halides is 3. The Morgan fingerprint density at radius 3 is 2.70 bits per heavy atom. The first-order valence-corrected chi connectivity index (χ1v) is 5.39. The molecular formula is C13H7F3N2O2. The van der Waals surface area contributed by atoms with Gasteiger partial charge < -0.3 is 4.74 Å². The third-order valence-electron chi connectivity index (χ3n) is 2.29. The summed E-state index contributed by atoms with van der Waals surface area (Å²) in [6, 6.07) is 7.26. The van der Waals surface area contributed by atoms with E-state index in [9.17, 15) is 18.0 Å². The van der Waals surface area contributed by atoms with Gasteiger partial charge in [0.2, 0.25) is 12.0 Å². The van der Waals surface area contributed by atoms with E-state index in [1.807, 2.05) is 0 Å². The molecule has 4 nitrogen and oxygen atoms in total. The van der Waals surface area contributed by atoms with Crippen molar-refractivity contribution in [3.8, 4) is 11.6 Å². The number of hydrogen-bond acceptors (Lipinski definition) is 4. The van der Waals surface area contributed by atoms with Gasteiger partial charge in [-0.05, 0) is 30.3 Å². The molecule has 0 amide bonds. The fourth-order valence-corrected chi connectivity index (χ4v) is 1.44. The van der Waals surface area contributed by atoms with Crippen molar-refractivity contribution in [2.75, 3.05) is 0 Å². The van der Waals surface area contributed by atoms with Crippen LogP contribution in [-0.4, -0.2) is 11.1 Å². The van der Waals surface area contributed by atoms with Crippen molar-refractivity contribution < 1.29 is 22.7 Å². The third kappa shape index (κ3) is 3.21. The average molecular weight is 280 g/mol. The minimum atomic E-state index is -4.47. The molecule has 0 saturated carbocycles. The number of aromatic nitrogens is 1. The summed E-state index contributed by atoms with van der Waals surface area (Å²) in [6.07, 6.45) is -1.78. The zero-order chi connectivity index (χ0) is 14.6. The highest BCUT2D eigenvalue weighted by Gasteiger charge is 2.30. The number of ether oxygens (including phenoxy) is 1. The molecule has 0 aliphatic heterocycles. The van der Waals surface area contributed by atoms with Crippen molar-refractivity contribution in [2.45, 2.75) is 6.18 Å². The molecule has 20 heavy (non-hydrogen) atoms. The van der Waals surface area contributed by atoms with Crippen molar-refractivity contribution in [3.05, 3.63) is 48.2 Å². The average Bonchev–Trinajstić information content (AvgIpc) is 2.41. The maximum Gasteiger partial charge on any atom is 0.416 e. The zero-order valence-corrected chi connectivity index (χ0v) is 9.89. The van der Waals surface area contributed by atoms with E-state index >= 15 is 0 Å². The van der Waals surface area contributed by atoms with E-state index < -0.39 is 11.7 Å². The molecule has 7 heteroatoms. The molecule has 1 heterocycles. The fraction of sp³-hybridized carbons (Fsp3) is 0.0769. The lowest BCUT2D eigenvalue weighted by atomic mass is 10.2. The summed E-state index contributed by atoms with van der Waals surface area (Å²) in [5, 5.41) is 0. The van der Waals surface area contributed by atoms with Crippen molar-refractivity contribution in [1.29, 1.82) is 0 Å². The molecular weight excluding hydrogens is 273 g/mol. The van der Waals surface area contributed by atoms with Gasteiger partial charge in [0.1, 0.15) is 11.4 Å². The molecule has 1 aromatic heterocycles. The number of aliphatic imine (C=N–C) groups is 1. The van der Waals surface area contributed by atoms with Gasteiger partial charge in [-0.25, -0.2) is 9.78 Å². The first-order chi connectivity index (χ1) is 9.50. The Morgan fingerprint density at radius 1 is 1.20 bits per heavy atom. The number of halogens is 3. The number of nitrogens with zero attached hydrogens (tertiary/aromatic N) is 2. The second kappa shape index (κ2) is 5.54. The van der Waals surface area contributed by atoms with E-state index in [1.165, 1.54) is 36.5 Å². The predicted molar refractivity (Wildman–Crippen MR) is 63.5 cm³/mol. The van der Waals surface area contributed by atoms with Crippen molar-refractivity contribution in [3.63, 3.8) is 0 Å². The molecule has 2 rings (SSSR count). The van der Waals surface area contributed by atoms with Crippen LogP contribution in [0, 0.1) is 0 Å². The minimum absolute atomic E-state index is 0.0547. The lowest BCUT2D eigenvalue weighted by molar-refractivity contribution is -0.137. The highest BCUT2D eigenvalue weighted by Crippen LogP contribution is 2.34. The van der Waals surface area contributed by atoms with Crippen molar-refractivity contribution in [1.82, 2.24) is 4.98 Å². The lowest BCUT2D eigenvalue weighted by Crippen LogP contribution is -2.04. The number of benzene rings is 1. The van der Waals surface area contributed by atoms with Crippen LogP contribution < -0.4 is 4.74 Å². The molecule has 0 unspecified atom stereocenters. The molecule has 0 aliphatic carbocycles. The molecule has 102 valence electrons. The lowest BCUT2D eigenvalue weighted by Gasteiger charge is -2.10. The van der Waals surface area contributed by atoms with Crippen LogP contribution in [0.15, 0.2) is 47.6 Å². The summed E-state index contributed by atoms with van der Waals surface area (Å²) < 4.78 is 42.9. The van der Waals surface area contributed by atoms with E-state index in [2.05, 4.69) is 9.98 Å². The smallest absolute Gasteiger partial charge is 0.416 e. The van der Waals surface area contributed by atoms with Gasteiger partial charge in [-0.2, -0.15) is 18.2 Å². The molecule has 0 N–H and O–H groups in total. The summed E-state index contributed by atoms with van der Waals surface area (Å²) in [4.78, 5) is 17.4. The van der Waals surface area contributed by atoms with E-state index in [1.54, 1.807) is 0 Å². The van der Waals surface area contributed by atoms with Gasteiger partial charge in [0.25, 0.3) is 0 Å². The number of pyridine rings is 1. The molecule has 0 saturated heterocycles. The Bertz CT molecular complexity index is 665. The van der Waals surface area contributed by atoms with Crippen molar-refractivity contribution >= 4 is 11.8 Å². The molecule has 2 aromatic rings. The molecule has 0 spiro atoms. The Labute approximate surface area is 111 Å². The molecule has 1 aromatic carbocycles. The first kappa shape index (κ1) is 13.8. The SMILES string of the molecule is O=C=Nc1cccnc1Oc1cccc(C(F)(F)F)c1. The molecule has 0 radical (unpaired) electrons. The quantitative estimate of drug-likeness (QED) is 0.633. The Balaban J connectivity index is 2.33. The Kier molecular flexibility index (Phi) is 3.81. The van der Waals surface area contributed by atoms with Gasteiger partial charge in [-0.15, -0.1) is 0 Å². The normalized spacial score (nSPS) is 10.8. The molecule has 0 bridgehead atoms. The van der Waals surface area contributed by atoms with Crippen LogP contribution in [0.3, 0.4) is 0 Å². The van der Waals surface area contributed by atoms with Crippen LogP contribution in [-0.2, 0) is 11.0 Å². The van der Waals surface area contributed by atoms with Crippen LogP contribution >= 0.6 is 0 Å². The van der Waals surface area contributed by atoms with E-state index in [-0.39, 0.29) is 17.3 Å². The third-order valence-corrected chi connectivity index (χ3v) is 2.29. The second-order valence-corrected chi connectivity index (χ2v) is 3.66. The van der Waals surface area contributed by atoms with Crippen LogP contribution in [0.4, 0.5) is 18.9 Å². The predicted octanol–water partition coefficient (Wildman–Crippen LogP) is 3.86. The highest BCUT2D eigenvalue weighted by molar-refractivity contribution is 5.55. The maximum atomic E-state index is 12.6. The zero-order valence-electron chi connectivity index (χ0n) is 9.89. The van der Waals surface area contributed by atoms with E-state index in [0.29, 0.717) is 0 Å². The van der Waals surface area contributed by atoms with Gasteiger partial charge in [-0.1, -0.05) is 6.07 Å². The van der Waals surface area contributed by atoms with Crippen LogP contribution in [0.5, 0.6) is 11.6 Å². The largest absolute Gasteiger partial charge is 0.437 e. The molecule has 0 atom stereocenters. The van der Waals surface area contributed by atoms with Gasteiger partial charge in [-0.3, -0.25) is 0 Å². The summed E-state index contributed by atoms with van der Waals surface area (Å²) >= 11 is 0. The van der Waals surface area contributed by atoms with E-state index in [4.69, 9.17) is 4.74 Å². The Morgan fingerprint density at radius 2 is 2.00 bits per heavy atom. The van der Waals surface area contributed by atoms with Gasteiger partial charge in [0, 0.05) is 6.20 Å². The van der Waals surface area contributed by atoms with Gasteiger partial charge >= 0.3 is 6.18 Å². The Hall–Kier alpha value is -2.66. The van der Waals surface area contributed by atoms with Crippen LogP contribution in [0.2, 0.25) is 0 Å². The standard InChI is InChI=1S/C13H7F3N2O2/c14-13(15,16)9-3-1-4-10(7-9)20-12-11(18-8-19)5-2-6-17-12/h1-7H. The van der Waals surface area contributed by atoms with E-state index in [0.717, 1.165) is 12.1 Å². The van der Waals surface area contributed by atoms with Crippen LogP contribution in [0.1, 0.15) is 5.56 Å². The minimum Gasteiger partial charge on any atom is -0.437 e. The highest BCUT2D eigenvalue weighted by atomic mass is 19.4. The first-order valence-electron chi connectivity index (χ1n) is 5.39. The summed E-state index contributed by atoms with van der Waals surface area (Å²) in [6.45, 7) is 0. The second-order valence-electron chi connectivity index (χ2n) is 3.66. The number of isocyanates is 1. The van der Waals surface area contributed by atoms with Crippen molar-refractivity contribution in [2.24, 2.45) is 4.99 Å². The number of rotatable bonds is 3. The molecule has 0 aliphatic rings.